The molecule has 2 aromatic rings. The summed E-state index contributed by atoms with van der Waals surface area (Å²) in [5, 5.41) is 2.96. The molecule has 1 saturated heterocycles. The van der Waals surface area contributed by atoms with Gasteiger partial charge in [-0.05, 0) is 50.3 Å². The Morgan fingerprint density at radius 1 is 1.07 bits per heavy atom. The second-order valence-corrected chi connectivity index (χ2v) is 9.61. The number of carbonyl (C=O) groups is 1. The van der Waals surface area contributed by atoms with E-state index >= 15 is 0 Å². The SMILES string of the molecule is Cc1ccc(S(=O)(=O)N2CCCCC2CC(=O)NCCCc2ccccc2)cc1. The van der Waals surface area contributed by atoms with Gasteiger partial charge >= 0.3 is 0 Å². The minimum absolute atomic E-state index is 0.0749. The molecule has 0 spiro atoms. The zero-order valence-corrected chi connectivity index (χ0v) is 17.8. The first-order valence-corrected chi connectivity index (χ1v) is 11.8. The van der Waals surface area contributed by atoms with Gasteiger partial charge in [0.05, 0.1) is 4.90 Å². The van der Waals surface area contributed by atoms with Crippen LogP contribution in [0.2, 0.25) is 0 Å². The molecule has 0 radical (unpaired) electrons. The Balaban J connectivity index is 1.55. The zero-order valence-electron chi connectivity index (χ0n) is 17.0. The van der Waals surface area contributed by atoms with Crippen molar-refractivity contribution in [3.05, 3.63) is 65.7 Å². The summed E-state index contributed by atoms with van der Waals surface area (Å²) in [5.74, 6) is -0.0749. The second-order valence-electron chi connectivity index (χ2n) is 7.72. The lowest BCUT2D eigenvalue weighted by Gasteiger charge is -2.34. The molecule has 1 heterocycles. The van der Waals surface area contributed by atoms with Crippen LogP contribution in [0.3, 0.4) is 0 Å². The van der Waals surface area contributed by atoms with Crippen molar-refractivity contribution in [2.24, 2.45) is 0 Å². The van der Waals surface area contributed by atoms with E-state index in [-0.39, 0.29) is 18.4 Å². The maximum atomic E-state index is 13.1. The van der Waals surface area contributed by atoms with Gasteiger partial charge in [0.15, 0.2) is 0 Å². The van der Waals surface area contributed by atoms with Gasteiger partial charge in [-0.25, -0.2) is 8.42 Å². The molecule has 0 saturated carbocycles. The van der Waals surface area contributed by atoms with E-state index in [2.05, 4.69) is 17.4 Å². The molecular formula is C23H30N2O3S. The van der Waals surface area contributed by atoms with E-state index in [1.807, 2.05) is 37.3 Å². The number of carbonyl (C=O) groups excluding carboxylic acids is 1. The van der Waals surface area contributed by atoms with Crippen LogP contribution < -0.4 is 5.32 Å². The monoisotopic (exact) mass is 414 g/mol. The summed E-state index contributed by atoms with van der Waals surface area (Å²) in [4.78, 5) is 12.7. The molecule has 29 heavy (non-hydrogen) atoms. The minimum atomic E-state index is -3.58. The molecule has 2 aromatic carbocycles. The highest BCUT2D eigenvalue weighted by atomic mass is 32.2. The maximum Gasteiger partial charge on any atom is 0.243 e. The van der Waals surface area contributed by atoms with Gasteiger partial charge in [-0.3, -0.25) is 4.79 Å². The average Bonchev–Trinajstić information content (AvgIpc) is 2.73. The topological polar surface area (TPSA) is 66.5 Å². The molecule has 1 amide bonds. The highest BCUT2D eigenvalue weighted by Gasteiger charge is 2.34. The van der Waals surface area contributed by atoms with Crippen molar-refractivity contribution in [3.63, 3.8) is 0 Å². The lowest BCUT2D eigenvalue weighted by atomic mass is 10.0. The van der Waals surface area contributed by atoms with Crippen molar-refractivity contribution in [2.45, 2.75) is 56.4 Å². The van der Waals surface area contributed by atoms with Crippen molar-refractivity contribution in [1.29, 1.82) is 0 Å². The van der Waals surface area contributed by atoms with Gasteiger partial charge in [-0.15, -0.1) is 0 Å². The Labute approximate surface area is 174 Å². The fraction of sp³-hybridized carbons (Fsp3) is 0.435. The highest BCUT2D eigenvalue weighted by molar-refractivity contribution is 7.89. The molecule has 1 unspecified atom stereocenters. The molecule has 3 rings (SSSR count). The first kappa shape index (κ1) is 21.5. The van der Waals surface area contributed by atoms with Crippen molar-refractivity contribution >= 4 is 15.9 Å². The van der Waals surface area contributed by atoms with Crippen LogP contribution in [-0.2, 0) is 21.2 Å². The third-order valence-electron chi connectivity index (χ3n) is 5.43. The molecule has 0 bridgehead atoms. The lowest BCUT2D eigenvalue weighted by molar-refractivity contribution is -0.122. The Morgan fingerprint density at radius 2 is 1.79 bits per heavy atom. The molecule has 1 N–H and O–H groups in total. The van der Waals surface area contributed by atoms with Crippen molar-refractivity contribution in [3.8, 4) is 0 Å². The number of nitrogens with one attached hydrogen (secondary N) is 1. The van der Waals surface area contributed by atoms with E-state index in [9.17, 15) is 13.2 Å². The summed E-state index contributed by atoms with van der Waals surface area (Å²) in [7, 11) is -3.58. The van der Waals surface area contributed by atoms with Crippen LogP contribution in [0.4, 0.5) is 0 Å². The van der Waals surface area contributed by atoms with Crippen LogP contribution in [0.1, 0.15) is 43.2 Å². The van der Waals surface area contributed by atoms with Crippen LogP contribution in [0.25, 0.3) is 0 Å². The fourth-order valence-corrected chi connectivity index (χ4v) is 5.48. The smallest absolute Gasteiger partial charge is 0.243 e. The van der Waals surface area contributed by atoms with E-state index in [0.717, 1.165) is 37.7 Å². The fourth-order valence-electron chi connectivity index (χ4n) is 3.79. The number of piperidine rings is 1. The first-order chi connectivity index (χ1) is 14.0. The number of aryl methyl sites for hydroxylation is 2. The van der Waals surface area contributed by atoms with Crippen molar-refractivity contribution in [1.82, 2.24) is 9.62 Å². The van der Waals surface area contributed by atoms with E-state index in [1.165, 1.54) is 9.87 Å². The van der Waals surface area contributed by atoms with Gasteiger partial charge in [0, 0.05) is 25.6 Å². The van der Waals surface area contributed by atoms with E-state index < -0.39 is 10.0 Å². The third kappa shape index (κ3) is 5.90. The van der Waals surface area contributed by atoms with Crippen LogP contribution in [0.15, 0.2) is 59.5 Å². The number of benzene rings is 2. The maximum absolute atomic E-state index is 13.1. The van der Waals surface area contributed by atoms with Crippen molar-refractivity contribution < 1.29 is 13.2 Å². The second kappa shape index (κ2) is 10.0. The molecule has 1 atom stereocenters. The van der Waals surface area contributed by atoms with Gasteiger partial charge < -0.3 is 5.32 Å². The van der Waals surface area contributed by atoms with Gasteiger partial charge in [0.25, 0.3) is 0 Å². The molecule has 0 aliphatic carbocycles. The predicted octanol–water partition coefficient (Wildman–Crippen LogP) is 3.68. The number of amides is 1. The van der Waals surface area contributed by atoms with Crippen LogP contribution in [0.5, 0.6) is 0 Å². The standard InChI is InChI=1S/C23H30N2O3S/c1-19-12-14-22(15-13-19)29(27,28)25-17-6-5-11-21(25)18-23(26)24-16-7-10-20-8-3-2-4-9-20/h2-4,8-9,12-15,21H,5-7,10-11,16-18H2,1H3,(H,24,26). The van der Waals surface area contributed by atoms with Gasteiger partial charge in [-0.1, -0.05) is 54.4 Å². The van der Waals surface area contributed by atoms with Crippen LogP contribution in [0, 0.1) is 6.92 Å². The Hall–Kier alpha value is -2.18. The van der Waals surface area contributed by atoms with Crippen LogP contribution in [-0.4, -0.2) is 37.8 Å². The van der Waals surface area contributed by atoms with Gasteiger partial charge in [0.1, 0.15) is 0 Å². The zero-order chi connectivity index (χ0) is 20.7. The molecule has 1 aliphatic rings. The molecule has 156 valence electrons. The van der Waals surface area contributed by atoms with Gasteiger partial charge in [0.2, 0.25) is 15.9 Å². The molecular weight excluding hydrogens is 384 g/mol. The number of hydrogen-bond donors (Lipinski definition) is 1. The molecule has 1 aliphatic heterocycles. The summed E-state index contributed by atoms with van der Waals surface area (Å²) in [6.45, 7) is 3.01. The van der Waals surface area contributed by atoms with E-state index in [0.29, 0.717) is 18.0 Å². The molecule has 5 nitrogen and oxygen atoms in total. The molecule has 1 fully saturated rings. The summed E-state index contributed by atoms with van der Waals surface area (Å²) in [5.41, 5.74) is 2.28. The Morgan fingerprint density at radius 3 is 2.52 bits per heavy atom. The Bertz CT molecular complexity index is 895. The number of rotatable bonds is 8. The molecule has 0 aromatic heterocycles. The summed E-state index contributed by atoms with van der Waals surface area (Å²) < 4.78 is 27.7. The third-order valence-corrected chi connectivity index (χ3v) is 7.39. The summed E-state index contributed by atoms with van der Waals surface area (Å²) in [6, 6.07) is 16.8. The van der Waals surface area contributed by atoms with Crippen molar-refractivity contribution in [2.75, 3.05) is 13.1 Å². The first-order valence-electron chi connectivity index (χ1n) is 10.4. The predicted molar refractivity (Wildman–Crippen MR) is 115 cm³/mol. The average molecular weight is 415 g/mol. The highest BCUT2D eigenvalue weighted by Crippen LogP contribution is 2.27. The van der Waals surface area contributed by atoms with Gasteiger partial charge in [-0.2, -0.15) is 4.31 Å². The van der Waals surface area contributed by atoms with E-state index in [1.54, 1.807) is 12.1 Å². The number of sulfonamides is 1. The number of nitrogens with zero attached hydrogens (tertiary/aromatic N) is 1. The Kier molecular flexibility index (Phi) is 7.45. The molecule has 6 heteroatoms. The summed E-state index contributed by atoms with van der Waals surface area (Å²) in [6.07, 6.45) is 4.51. The number of hydrogen-bond acceptors (Lipinski definition) is 3. The van der Waals surface area contributed by atoms with Crippen LogP contribution >= 0.6 is 0 Å². The summed E-state index contributed by atoms with van der Waals surface area (Å²) >= 11 is 0. The largest absolute Gasteiger partial charge is 0.356 e. The quantitative estimate of drug-likeness (QED) is 0.670. The minimum Gasteiger partial charge on any atom is -0.356 e. The van der Waals surface area contributed by atoms with E-state index in [4.69, 9.17) is 0 Å². The normalized spacial score (nSPS) is 17.8. The lowest BCUT2D eigenvalue weighted by Crippen LogP contribution is -2.46.